The van der Waals surface area contributed by atoms with Crippen molar-refractivity contribution in [2.24, 2.45) is 0 Å². The molecule has 0 heterocycles. The molecule has 2 aromatic rings. The Morgan fingerprint density at radius 3 is 2.09 bits per heavy atom. The molecule has 4 heteroatoms. The van der Waals surface area contributed by atoms with Crippen molar-refractivity contribution >= 4 is 11.6 Å². The summed E-state index contributed by atoms with van der Waals surface area (Å²) in [4.78, 5) is 16.5. The maximum absolute atomic E-state index is 12.3. The fourth-order valence-electron chi connectivity index (χ4n) is 2.48. The molecular weight excluding hydrogens is 286 g/mol. The summed E-state index contributed by atoms with van der Waals surface area (Å²) in [5.41, 5.74) is 2.96. The van der Waals surface area contributed by atoms with Crippen molar-refractivity contribution in [3.8, 4) is 0 Å². The Labute approximate surface area is 138 Å². The summed E-state index contributed by atoms with van der Waals surface area (Å²) in [5.74, 6) is -0.0434. The fraction of sp³-hybridized carbons (Fsp3) is 0.316. The molecule has 1 amide bonds. The molecule has 23 heavy (non-hydrogen) atoms. The topological polar surface area (TPSA) is 35.6 Å². The van der Waals surface area contributed by atoms with E-state index in [1.807, 2.05) is 75.6 Å². The van der Waals surface area contributed by atoms with Crippen molar-refractivity contribution in [2.75, 3.05) is 39.6 Å². The molecule has 1 atom stereocenters. The number of hydrogen-bond acceptors (Lipinski definition) is 3. The smallest absolute Gasteiger partial charge is 0.251 e. The SMILES string of the molecule is CN(C)c1ccc(C(=O)NC[C@@H](c2ccccc2)N(C)C)cc1. The number of likely N-dealkylation sites (N-methyl/N-ethyl adjacent to an activating group) is 1. The van der Waals surface area contributed by atoms with Crippen LogP contribution in [0.4, 0.5) is 5.69 Å². The summed E-state index contributed by atoms with van der Waals surface area (Å²) in [7, 11) is 8.01. The van der Waals surface area contributed by atoms with Crippen molar-refractivity contribution in [1.82, 2.24) is 10.2 Å². The summed E-state index contributed by atoms with van der Waals surface area (Å²) in [5, 5.41) is 3.03. The number of nitrogens with zero attached hydrogens (tertiary/aromatic N) is 2. The minimum absolute atomic E-state index is 0.0434. The molecule has 0 saturated carbocycles. The number of benzene rings is 2. The second kappa shape index (κ2) is 7.79. The maximum Gasteiger partial charge on any atom is 0.251 e. The van der Waals surface area contributed by atoms with Crippen LogP contribution < -0.4 is 10.2 Å². The van der Waals surface area contributed by atoms with Gasteiger partial charge in [-0.25, -0.2) is 0 Å². The molecule has 0 aromatic heterocycles. The average Bonchev–Trinajstić information content (AvgIpc) is 2.55. The number of amides is 1. The van der Waals surface area contributed by atoms with Crippen LogP contribution in [0.5, 0.6) is 0 Å². The molecule has 0 aliphatic heterocycles. The predicted molar refractivity (Wildman–Crippen MR) is 96.0 cm³/mol. The summed E-state index contributed by atoms with van der Waals surface area (Å²) in [6, 6.07) is 18.0. The van der Waals surface area contributed by atoms with E-state index in [2.05, 4.69) is 22.3 Å². The van der Waals surface area contributed by atoms with Crippen molar-refractivity contribution in [2.45, 2.75) is 6.04 Å². The van der Waals surface area contributed by atoms with E-state index in [1.165, 1.54) is 5.56 Å². The summed E-state index contributed by atoms with van der Waals surface area (Å²) < 4.78 is 0. The molecule has 122 valence electrons. The summed E-state index contributed by atoms with van der Waals surface area (Å²) in [6.07, 6.45) is 0. The summed E-state index contributed by atoms with van der Waals surface area (Å²) >= 11 is 0. The third kappa shape index (κ3) is 4.57. The third-order valence-corrected chi connectivity index (χ3v) is 3.91. The zero-order valence-corrected chi connectivity index (χ0v) is 14.3. The van der Waals surface area contributed by atoms with Gasteiger partial charge in [-0.15, -0.1) is 0 Å². The molecule has 2 rings (SSSR count). The van der Waals surface area contributed by atoms with Gasteiger partial charge in [0.1, 0.15) is 0 Å². The molecule has 0 aliphatic carbocycles. The third-order valence-electron chi connectivity index (χ3n) is 3.91. The highest BCUT2D eigenvalue weighted by molar-refractivity contribution is 5.94. The quantitative estimate of drug-likeness (QED) is 0.891. The van der Waals surface area contributed by atoms with Gasteiger partial charge in [-0.3, -0.25) is 4.79 Å². The van der Waals surface area contributed by atoms with E-state index in [0.717, 1.165) is 5.69 Å². The molecule has 0 fully saturated rings. The number of anilines is 1. The molecule has 0 saturated heterocycles. The Kier molecular flexibility index (Phi) is 5.77. The highest BCUT2D eigenvalue weighted by atomic mass is 16.1. The van der Waals surface area contributed by atoms with Gasteiger partial charge in [0.25, 0.3) is 5.91 Å². The van der Waals surface area contributed by atoms with E-state index in [4.69, 9.17) is 0 Å². The van der Waals surface area contributed by atoms with E-state index >= 15 is 0 Å². The molecule has 2 aromatic carbocycles. The van der Waals surface area contributed by atoms with Crippen molar-refractivity contribution in [3.05, 3.63) is 65.7 Å². The molecule has 0 spiro atoms. The summed E-state index contributed by atoms with van der Waals surface area (Å²) in [6.45, 7) is 0.575. The lowest BCUT2D eigenvalue weighted by Crippen LogP contribution is -2.34. The lowest BCUT2D eigenvalue weighted by atomic mass is 10.1. The monoisotopic (exact) mass is 311 g/mol. The Morgan fingerprint density at radius 2 is 1.57 bits per heavy atom. The van der Waals surface area contributed by atoms with Crippen LogP contribution in [0.1, 0.15) is 22.0 Å². The van der Waals surface area contributed by atoms with Crippen molar-refractivity contribution in [1.29, 1.82) is 0 Å². The highest BCUT2D eigenvalue weighted by Crippen LogP contribution is 2.17. The zero-order chi connectivity index (χ0) is 16.8. The van der Waals surface area contributed by atoms with Crippen molar-refractivity contribution < 1.29 is 4.79 Å². The number of hydrogen-bond donors (Lipinski definition) is 1. The van der Waals surface area contributed by atoms with Crippen LogP contribution in [0.3, 0.4) is 0 Å². The van der Waals surface area contributed by atoms with E-state index in [1.54, 1.807) is 0 Å². The van der Waals surface area contributed by atoms with Crippen LogP contribution in [0.2, 0.25) is 0 Å². The minimum atomic E-state index is -0.0434. The molecule has 0 radical (unpaired) electrons. The van der Waals surface area contributed by atoms with Crippen molar-refractivity contribution in [3.63, 3.8) is 0 Å². The normalized spacial score (nSPS) is 12.0. The van der Waals surface area contributed by atoms with Crippen LogP contribution in [-0.4, -0.2) is 45.5 Å². The van der Waals surface area contributed by atoms with Gasteiger partial charge in [-0.05, 0) is 43.9 Å². The van der Waals surface area contributed by atoms with Gasteiger partial charge in [-0.1, -0.05) is 30.3 Å². The molecule has 0 bridgehead atoms. The Balaban J connectivity index is 2.01. The van der Waals surface area contributed by atoms with Gasteiger partial charge in [0.05, 0.1) is 6.04 Å². The van der Waals surface area contributed by atoms with Crippen LogP contribution in [0, 0.1) is 0 Å². The first kappa shape index (κ1) is 17.0. The maximum atomic E-state index is 12.3. The average molecular weight is 311 g/mol. The Morgan fingerprint density at radius 1 is 0.957 bits per heavy atom. The first-order valence-corrected chi connectivity index (χ1v) is 7.76. The second-order valence-corrected chi connectivity index (χ2v) is 6.04. The number of carbonyl (C=O) groups is 1. The van der Waals surface area contributed by atoms with Gasteiger partial charge in [0.15, 0.2) is 0 Å². The second-order valence-electron chi connectivity index (χ2n) is 6.04. The van der Waals surface area contributed by atoms with Crippen LogP contribution in [0.15, 0.2) is 54.6 Å². The first-order chi connectivity index (χ1) is 11.0. The molecule has 4 nitrogen and oxygen atoms in total. The largest absolute Gasteiger partial charge is 0.378 e. The van der Waals surface area contributed by atoms with Gasteiger partial charge in [0, 0.05) is 31.9 Å². The van der Waals surface area contributed by atoms with E-state index in [0.29, 0.717) is 12.1 Å². The molecular formula is C19H25N3O. The number of rotatable bonds is 6. The lowest BCUT2D eigenvalue weighted by Gasteiger charge is -2.25. The van der Waals surface area contributed by atoms with Crippen LogP contribution >= 0.6 is 0 Å². The Hall–Kier alpha value is -2.33. The predicted octanol–water partition coefficient (Wildman–Crippen LogP) is 2.79. The molecule has 0 aliphatic rings. The number of carbonyl (C=O) groups excluding carboxylic acids is 1. The highest BCUT2D eigenvalue weighted by Gasteiger charge is 2.15. The van der Waals surface area contributed by atoms with Crippen LogP contribution in [-0.2, 0) is 0 Å². The van der Waals surface area contributed by atoms with E-state index in [-0.39, 0.29) is 11.9 Å². The van der Waals surface area contributed by atoms with Gasteiger partial charge < -0.3 is 15.1 Å². The standard InChI is InChI=1S/C19H25N3O/c1-21(2)17-12-10-16(11-13-17)19(23)20-14-18(22(3)4)15-8-6-5-7-9-15/h5-13,18H,14H2,1-4H3,(H,20,23)/t18-/m0/s1. The van der Waals surface area contributed by atoms with E-state index in [9.17, 15) is 4.79 Å². The minimum Gasteiger partial charge on any atom is -0.378 e. The molecule has 1 N–H and O–H groups in total. The first-order valence-electron chi connectivity index (χ1n) is 7.76. The molecule has 0 unspecified atom stereocenters. The number of nitrogens with one attached hydrogen (secondary N) is 1. The lowest BCUT2D eigenvalue weighted by molar-refractivity contribution is 0.0942. The van der Waals surface area contributed by atoms with Crippen LogP contribution in [0.25, 0.3) is 0 Å². The van der Waals surface area contributed by atoms with E-state index < -0.39 is 0 Å². The fourth-order valence-corrected chi connectivity index (χ4v) is 2.48. The van der Waals surface area contributed by atoms with Gasteiger partial charge in [0.2, 0.25) is 0 Å². The van der Waals surface area contributed by atoms with Gasteiger partial charge >= 0.3 is 0 Å². The Bertz CT molecular complexity index is 621. The van der Waals surface area contributed by atoms with Gasteiger partial charge in [-0.2, -0.15) is 0 Å². The zero-order valence-electron chi connectivity index (χ0n) is 14.3.